The normalized spacial score (nSPS) is 9.86. The summed E-state index contributed by atoms with van der Waals surface area (Å²) in [6.45, 7) is 1.71. The number of phenols is 1. The summed E-state index contributed by atoms with van der Waals surface area (Å²) in [5, 5.41) is 18.0. The van der Waals surface area contributed by atoms with Gasteiger partial charge in [0, 0.05) is 5.56 Å². The number of aromatic hydroxyl groups is 1. The Morgan fingerprint density at radius 1 is 1.50 bits per heavy atom. The van der Waals surface area contributed by atoms with Crippen molar-refractivity contribution in [1.29, 1.82) is 0 Å². The van der Waals surface area contributed by atoms with E-state index in [0.717, 1.165) is 0 Å². The van der Waals surface area contributed by atoms with E-state index < -0.39 is 5.97 Å². The number of carboxylic acid groups (broad SMARTS) is 1. The van der Waals surface area contributed by atoms with Crippen LogP contribution in [0.25, 0.3) is 0 Å². The number of carboxylic acids is 1. The van der Waals surface area contributed by atoms with Crippen molar-refractivity contribution in [2.75, 3.05) is 7.11 Å². The van der Waals surface area contributed by atoms with Crippen LogP contribution in [-0.4, -0.2) is 23.3 Å². The largest absolute Gasteiger partial charge is 0.508 e. The average Bonchev–Trinajstić information content (AvgIpc) is 2.10. The Kier molecular flexibility index (Phi) is 2.96. The molecule has 4 heteroatoms. The predicted molar refractivity (Wildman–Crippen MR) is 50.7 cm³/mol. The quantitative estimate of drug-likeness (QED) is 0.765. The lowest BCUT2D eigenvalue weighted by molar-refractivity contribution is -0.136. The molecule has 1 aromatic carbocycles. The number of hydrogen-bond donors (Lipinski definition) is 2. The summed E-state index contributed by atoms with van der Waals surface area (Å²) in [5.74, 6) is -0.378. The minimum Gasteiger partial charge on any atom is -0.508 e. The lowest BCUT2D eigenvalue weighted by Gasteiger charge is -2.08. The molecule has 0 aliphatic carbocycles. The minimum absolute atomic E-state index is 0.0561. The molecular weight excluding hydrogens is 184 g/mol. The molecule has 14 heavy (non-hydrogen) atoms. The first kappa shape index (κ1) is 10.4. The van der Waals surface area contributed by atoms with Crippen molar-refractivity contribution in [2.45, 2.75) is 13.3 Å². The zero-order chi connectivity index (χ0) is 10.7. The monoisotopic (exact) mass is 196 g/mol. The Hall–Kier alpha value is -1.71. The van der Waals surface area contributed by atoms with E-state index in [2.05, 4.69) is 0 Å². The van der Waals surface area contributed by atoms with E-state index in [-0.39, 0.29) is 12.2 Å². The van der Waals surface area contributed by atoms with Crippen LogP contribution in [0.4, 0.5) is 0 Å². The molecule has 2 N–H and O–H groups in total. The first-order chi connectivity index (χ1) is 6.54. The molecule has 0 unspecified atom stereocenters. The Bertz CT molecular complexity index is 357. The summed E-state index contributed by atoms with van der Waals surface area (Å²) >= 11 is 0. The number of hydrogen-bond acceptors (Lipinski definition) is 3. The Morgan fingerprint density at radius 3 is 2.64 bits per heavy atom. The minimum atomic E-state index is -0.935. The molecule has 0 saturated carbocycles. The summed E-state index contributed by atoms with van der Waals surface area (Å²) in [6, 6.07) is 3.05. The van der Waals surface area contributed by atoms with Crippen LogP contribution in [0.5, 0.6) is 11.5 Å². The lowest BCUT2D eigenvalue weighted by atomic mass is 10.1. The average molecular weight is 196 g/mol. The summed E-state index contributed by atoms with van der Waals surface area (Å²) < 4.78 is 5.00. The summed E-state index contributed by atoms with van der Waals surface area (Å²) in [4.78, 5) is 10.4. The molecule has 0 atom stereocenters. The molecule has 76 valence electrons. The maximum Gasteiger partial charge on any atom is 0.307 e. The SMILES string of the molecule is COc1cc(CC(=O)O)cc(O)c1C. The highest BCUT2D eigenvalue weighted by Gasteiger charge is 2.08. The predicted octanol–water partition coefficient (Wildman–Crippen LogP) is 1.34. The van der Waals surface area contributed by atoms with E-state index >= 15 is 0 Å². The lowest BCUT2D eigenvalue weighted by Crippen LogP contribution is -2.01. The molecule has 0 aromatic heterocycles. The number of carbonyl (C=O) groups is 1. The smallest absolute Gasteiger partial charge is 0.307 e. The van der Waals surface area contributed by atoms with Crippen molar-refractivity contribution in [2.24, 2.45) is 0 Å². The van der Waals surface area contributed by atoms with Crippen molar-refractivity contribution >= 4 is 5.97 Å². The van der Waals surface area contributed by atoms with Crippen molar-refractivity contribution in [3.8, 4) is 11.5 Å². The van der Waals surface area contributed by atoms with Crippen molar-refractivity contribution in [3.05, 3.63) is 23.3 Å². The van der Waals surface area contributed by atoms with Crippen LogP contribution >= 0.6 is 0 Å². The fraction of sp³-hybridized carbons (Fsp3) is 0.300. The second kappa shape index (κ2) is 4.00. The van der Waals surface area contributed by atoms with Crippen LogP contribution in [0.2, 0.25) is 0 Å². The third-order valence-electron chi connectivity index (χ3n) is 1.97. The second-order valence-corrected chi connectivity index (χ2v) is 3.01. The van der Waals surface area contributed by atoms with Gasteiger partial charge in [-0.25, -0.2) is 0 Å². The number of aliphatic carboxylic acids is 1. The second-order valence-electron chi connectivity index (χ2n) is 3.01. The first-order valence-electron chi connectivity index (χ1n) is 4.13. The molecule has 0 aliphatic heterocycles. The Morgan fingerprint density at radius 2 is 2.14 bits per heavy atom. The fourth-order valence-corrected chi connectivity index (χ4v) is 1.22. The van der Waals surface area contributed by atoms with Gasteiger partial charge in [0.15, 0.2) is 0 Å². The van der Waals surface area contributed by atoms with Crippen LogP contribution in [0.15, 0.2) is 12.1 Å². The topological polar surface area (TPSA) is 66.8 Å². The van der Waals surface area contributed by atoms with Crippen LogP contribution in [0, 0.1) is 6.92 Å². The number of phenolic OH excluding ortho intramolecular Hbond substituents is 1. The van der Waals surface area contributed by atoms with Gasteiger partial charge in [0.2, 0.25) is 0 Å². The van der Waals surface area contributed by atoms with Gasteiger partial charge in [-0.2, -0.15) is 0 Å². The van der Waals surface area contributed by atoms with E-state index in [1.165, 1.54) is 13.2 Å². The van der Waals surface area contributed by atoms with Gasteiger partial charge in [-0.3, -0.25) is 4.79 Å². The molecule has 0 spiro atoms. The molecule has 0 heterocycles. The zero-order valence-corrected chi connectivity index (χ0v) is 8.07. The van der Waals surface area contributed by atoms with Gasteiger partial charge < -0.3 is 14.9 Å². The highest BCUT2D eigenvalue weighted by Crippen LogP contribution is 2.28. The van der Waals surface area contributed by atoms with Crippen LogP contribution < -0.4 is 4.74 Å². The number of benzene rings is 1. The first-order valence-corrected chi connectivity index (χ1v) is 4.13. The summed E-state index contributed by atoms with van der Waals surface area (Å²) in [6.07, 6.45) is -0.121. The highest BCUT2D eigenvalue weighted by atomic mass is 16.5. The highest BCUT2D eigenvalue weighted by molar-refractivity contribution is 5.71. The standard InChI is InChI=1S/C10H12O4/c1-6-8(11)3-7(5-10(12)13)4-9(6)14-2/h3-4,11H,5H2,1-2H3,(H,12,13). The molecule has 1 aromatic rings. The Balaban J connectivity index is 3.09. The maximum atomic E-state index is 10.4. The van der Waals surface area contributed by atoms with E-state index in [9.17, 15) is 9.90 Å². The van der Waals surface area contributed by atoms with Gasteiger partial charge in [-0.1, -0.05) is 0 Å². The van der Waals surface area contributed by atoms with E-state index in [4.69, 9.17) is 9.84 Å². The maximum absolute atomic E-state index is 10.4. The van der Waals surface area contributed by atoms with Crippen molar-refractivity contribution in [1.82, 2.24) is 0 Å². The molecule has 1 rings (SSSR count). The number of ether oxygens (including phenoxy) is 1. The van der Waals surface area contributed by atoms with E-state index in [1.54, 1.807) is 13.0 Å². The van der Waals surface area contributed by atoms with Gasteiger partial charge in [-0.15, -0.1) is 0 Å². The molecule has 0 amide bonds. The van der Waals surface area contributed by atoms with Crippen molar-refractivity contribution < 1.29 is 19.7 Å². The van der Waals surface area contributed by atoms with Gasteiger partial charge in [0.05, 0.1) is 13.5 Å². The molecule has 0 saturated heterocycles. The molecule has 0 fully saturated rings. The van der Waals surface area contributed by atoms with Crippen LogP contribution in [-0.2, 0) is 11.2 Å². The van der Waals surface area contributed by atoms with Crippen LogP contribution in [0.3, 0.4) is 0 Å². The third kappa shape index (κ3) is 2.16. The summed E-state index contributed by atoms with van der Waals surface area (Å²) in [5.41, 5.74) is 1.14. The molecular formula is C10H12O4. The van der Waals surface area contributed by atoms with Crippen molar-refractivity contribution in [3.63, 3.8) is 0 Å². The van der Waals surface area contributed by atoms with Gasteiger partial charge in [-0.05, 0) is 24.6 Å². The molecule has 4 nitrogen and oxygen atoms in total. The van der Waals surface area contributed by atoms with E-state index in [1.807, 2.05) is 0 Å². The zero-order valence-electron chi connectivity index (χ0n) is 8.07. The third-order valence-corrected chi connectivity index (χ3v) is 1.97. The number of rotatable bonds is 3. The number of methoxy groups -OCH3 is 1. The van der Waals surface area contributed by atoms with Gasteiger partial charge in [0.25, 0.3) is 0 Å². The molecule has 0 aliphatic rings. The molecule has 0 bridgehead atoms. The fourth-order valence-electron chi connectivity index (χ4n) is 1.22. The van der Waals surface area contributed by atoms with Gasteiger partial charge >= 0.3 is 5.97 Å². The Labute approximate surface area is 81.8 Å². The van der Waals surface area contributed by atoms with Gasteiger partial charge in [0.1, 0.15) is 11.5 Å². The van der Waals surface area contributed by atoms with Crippen LogP contribution in [0.1, 0.15) is 11.1 Å². The van der Waals surface area contributed by atoms with E-state index in [0.29, 0.717) is 16.9 Å². The molecule has 0 radical (unpaired) electrons. The summed E-state index contributed by atoms with van der Waals surface area (Å²) in [7, 11) is 1.48.